The van der Waals surface area contributed by atoms with E-state index in [0.717, 1.165) is 45.4 Å². The molecular formula is C21H37N5OS. The Kier molecular flexibility index (Phi) is 8.58. The second-order valence-corrected chi connectivity index (χ2v) is 8.93. The summed E-state index contributed by atoms with van der Waals surface area (Å²) in [4.78, 5) is 11.5. The van der Waals surface area contributed by atoms with E-state index < -0.39 is 0 Å². The van der Waals surface area contributed by atoms with Crippen LogP contribution in [-0.2, 0) is 4.74 Å². The zero-order chi connectivity index (χ0) is 19.8. The number of morpholine rings is 1. The molecule has 0 radical (unpaired) electrons. The fraction of sp³-hybridized carbons (Fsp3) is 0.762. The number of nitrogens with zero attached hydrogens (tertiary/aromatic N) is 3. The summed E-state index contributed by atoms with van der Waals surface area (Å²) in [5.74, 6) is 0.959. The topological polar surface area (TPSA) is 52.1 Å². The van der Waals surface area contributed by atoms with Gasteiger partial charge in [-0.1, -0.05) is 6.07 Å². The smallest absolute Gasteiger partial charge is 0.191 e. The fourth-order valence-corrected chi connectivity index (χ4v) is 4.86. The van der Waals surface area contributed by atoms with Crippen LogP contribution in [0.4, 0.5) is 0 Å². The van der Waals surface area contributed by atoms with Crippen LogP contribution in [-0.4, -0.2) is 80.3 Å². The van der Waals surface area contributed by atoms with Gasteiger partial charge < -0.3 is 20.3 Å². The molecule has 0 aromatic carbocycles. The van der Waals surface area contributed by atoms with Gasteiger partial charge in [-0.15, -0.1) is 11.3 Å². The number of ether oxygens (including phenoxy) is 1. The average Bonchev–Trinajstić information content (AvgIpc) is 3.24. The zero-order valence-corrected chi connectivity index (χ0v) is 18.5. The van der Waals surface area contributed by atoms with Crippen LogP contribution in [0.25, 0.3) is 0 Å². The van der Waals surface area contributed by atoms with E-state index in [1.165, 1.54) is 30.8 Å². The average molecular weight is 408 g/mol. The summed E-state index contributed by atoms with van der Waals surface area (Å²) in [7, 11) is 0. The number of likely N-dealkylation sites (tertiary alicyclic amines) is 1. The molecule has 2 aliphatic rings. The second kappa shape index (κ2) is 11.1. The molecule has 1 unspecified atom stereocenters. The molecule has 3 heterocycles. The molecule has 1 atom stereocenters. The van der Waals surface area contributed by atoms with Gasteiger partial charge in [0.2, 0.25) is 0 Å². The highest BCUT2D eigenvalue weighted by Gasteiger charge is 2.24. The van der Waals surface area contributed by atoms with Crippen molar-refractivity contribution in [2.24, 2.45) is 4.99 Å². The van der Waals surface area contributed by atoms with Gasteiger partial charge in [-0.25, -0.2) is 0 Å². The number of rotatable bonds is 7. The maximum absolute atomic E-state index is 5.55. The van der Waals surface area contributed by atoms with Crippen LogP contribution in [0.2, 0.25) is 0 Å². The summed E-state index contributed by atoms with van der Waals surface area (Å²) in [6.45, 7) is 14.3. The minimum absolute atomic E-state index is 0.335. The van der Waals surface area contributed by atoms with Gasteiger partial charge in [0.15, 0.2) is 5.96 Å². The van der Waals surface area contributed by atoms with Crippen molar-refractivity contribution in [2.75, 3.05) is 52.5 Å². The number of piperidine rings is 1. The Morgan fingerprint density at radius 2 is 1.96 bits per heavy atom. The molecule has 0 aliphatic carbocycles. The Morgan fingerprint density at radius 3 is 2.57 bits per heavy atom. The first-order valence-corrected chi connectivity index (χ1v) is 11.7. The minimum Gasteiger partial charge on any atom is -0.379 e. The number of thiophene rings is 1. The number of guanidine groups is 1. The first-order chi connectivity index (χ1) is 13.7. The van der Waals surface area contributed by atoms with E-state index in [9.17, 15) is 0 Å². The Hall–Kier alpha value is -1.15. The number of nitrogens with one attached hydrogen (secondary N) is 2. The first-order valence-electron chi connectivity index (χ1n) is 10.8. The molecule has 28 heavy (non-hydrogen) atoms. The van der Waals surface area contributed by atoms with E-state index in [4.69, 9.17) is 9.73 Å². The molecule has 2 fully saturated rings. The molecular weight excluding hydrogens is 370 g/mol. The molecule has 2 N–H and O–H groups in total. The van der Waals surface area contributed by atoms with Crippen LogP contribution >= 0.6 is 11.3 Å². The summed E-state index contributed by atoms with van der Waals surface area (Å²) >= 11 is 1.83. The molecule has 1 aromatic heterocycles. The number of hydrogen-bond donors (Lipinski definition) is 2. The highest BCUT2D eigenvalue weighted by Crippen LogP contribution is 2.26. The van der Waals surface area contributed by atoms with Gasteiger partial charge in [-0.05, 0) is 45.1 Å². The van der Waals surface area contributed by atoms with Crippen molar-refractivity contribution < 1.29 is 4.74 Å². The second-order valence-electron chi connectivity index (χ2n) is 7.95. The van der Waals surface area contributed by atoms with Gasteiger partial charge in [0.25, 0.3) is 0 Å². The van der Waals surface area contributed by atoms with Gasteiger partial charge in [0.1, 0.15) is 0 Å². The third-order valence-electron chi connectivity index (χ3n) is 5.73. The standard InChI is InChI=1S/C21H37N5OS/c1-4-22-21(24-18-7-9-25(10-8-18)17(2)3)23-16-19(20-6-5-15-28-20)26-11-13-27-14-12-26/h5-6,15,17-19H,4,7-14,16H2,1-3H3,(H2,22,23,24). The number of aliphatic imine (C=N–C) groups is 1. The van der Waals surface area contributed by atoms with Crippen LogP contribution in [0.5, 0.6) is 0 Å². The van der Waals surface area contributed by atoms with Crippen molar-refractivity contribution >= 4 is 17.3 Å². The Labute approximate surface area is 174 Å². The molecule has 7 heteroatoms. The minimum atomic E-state index is 0.335. The molecule has 0 spiro atoms. The monoisotopic (exact) mass is 407 g/mol. The van der Waals surface area contributed by atoms with Gasteiger partial charge in [-0.2, -0.15) is 0 Å². The lowest BCUT2D eigenvalue weighted by molar-refractivity contribution is 0.0186. The third kappa shape index (κ3) is 6.17. The van der Waals surface area contributed by atoms with E-state index >= 15 is 0 Å². The van der Waals surface area contributed by atoms with Crippen molar-refractivity contribution in [1.29, 1.82) is 0 Å². The lowest BCUT2D eigenvalue weighted by Gasteiger charge is -2.35. The van der Waals surface area contributed by atoms with Crippen LogP contribution < -0.4 is 10.6 Å². The van der Waals surface area contributed by atoms with E-state index in [0.29, 0.717) is 18.1 Å². The molecule has 2 aliphatic heterocycles. The van der Waals surface area contributed by atoms with Crippen molar-refractivity contribution in [1.82, 2.24) is 20.4 Å². The van der Waals surface area contributed by atoms with Crippen molar-refractivity contribution in [2.45, 2.75) is 51.7 Å². The van der Waals surface area contributed by atoms with Crippen molar-refractivity contribution in [3.05, 3.63) is 22.4 Å². The summed E-state index contributed by atoms with van der Waals surface area (Å²) in [6, 6.07) is 5.87. The third-order valence-corrected chi connectivity index (χ3v) is 6.70. The summed E-state index contributed by atoms with van der Waals surface area (Å²) < 4.78 is 5.55. The van der Waals surface area contributed by atoms with Crippen molar-refractivity contribution in [3.8, 4) is 0 Å². The molecule has 0 amide bonds. The lowest BCUT2D eigenvalue weighted by Crippen LogP contribution is -2.50. The predicted octanol–water partition coefficient (Wildman–Crippen LogP) is 2.55. The first kappa shape index (κ1) is 21.6. The van der Waals surface area contributed by atoms with E-state index in [1.54, 1.807) is 0 Å². The molecule has 158 valence electrons. The highest BCUT2D eigenvalue weighted by atomic mass is 32.1. The maximum Gasteiger partial charge on any atom is 0.191 e. The molecule has 0 bridgehead atoms. The van der Waals surface area contributed by atoms with Gasteiger partial charge in [0, 0.05) is 49.7 Å². The molecule has 0 saturated carbocycles. The molecule has 1 aromatic rings. The van der Waals surface area contributed by atoms with E-state index in [2.05, 4.69) is 58.7 Å². The summed E-state index contributed by atoms with van der Waals surface area (Å²) in [5, 5.41) is 9.31. The predicted molar refractivity (Wildman–Crippen MR) is 118 cm³/mol. The lowest BCUT2D eigenvalue weighted by atomic mass is 10.0. The normalized spacial score (nSPS) is 21.8. The van der Waals surface area contributed by atoms with Crippen LogP contribution in [0.15, 0.2) is 22.5 Å². The summed E-state index contributed by atoms with van der Waals surface area (Å²) in [6.07, 6.45) is 2.36. The Balaban J connectivity index is 1.61. The van der Waals surface area contributed by atoms with Crippen LogP contribution in [0.3, 0.4) is 0 Å². The highest BCUT2D eigenvalue weighted by molar-refractivity contribution is 7.10. The van der Waals surface area contributed by atoms with Crippen LogP contribution in [0, 0.1) is 0 Å². The quantitative estimate of drug-likeness (QED) is 0.537. The van der Waals surface area contributed by atoms with Gasteiger partial charge in [-0.3, -0.25) is 9.89 Å². The summed E-state index contributed by atoms with van der Waals surface area (Å²) in [5.41, 5.74) is 0. The van der Waals surface area contributed by atoms with E-state index in [1.807, 2.05) is 11.3 Å². The van der Waals surface area contributed by atoms with Crippen molar-refractivity contribution in [3.63, 3.8) is 0 Å². The zero-order valence-electron chi connectivity index (χ0n) is 17.7. The molecule has 6 nitrogen and oxygen atoms in total. The maximum atomic E-state index is 5.55. The Bertz CT molecular complexity index is 578. The van der Waals surface area contributed by atoms with Crippen LogP contribution in [0.1, 0.15) is 44.5 Å². The largest absolute Gasteiger partial charge is 0.379 e. The number of hydrogen-bond acceptors (Lipinski definition) is 5. The SMILES string of the molecule is CCNC(=NCC(c1cccs1)N1CCOCC1)NC1CCN(C(C)C)CC1. The van der Waals surface area contributed by atoms with Gasteiger partial charge >= 0.3 is 0 Å². The molecule has 2 saturated heterocycles. The Morgan fingerprint density at radius 1 is 1.21 bits per heavy atom. The van der Waals surface area contributed by atoms with E-state index in [-0.39, 0.29) is 0 Å². The molecule has 3 rings (SSSR count). The fourth-order valence-electron chi connectivity index (χ4n) is 4.01. The van der Waals surface area contributed by atoms with Gasteiger partial charge in [0.05, 0.1) is 25.8 Å².